The molecule has 0 saturated heterocycles. The van der Waals surface area contributed by atoms with E-state index in [0.717, 1.165) is 16.5 Å². The highest BCUT2D eigenvalue weighted by atomic mass is 16.6. The molecule has 41 heavy (non-hydrogen) atoms. The number of aliphatic hydroxyl groups excluding tert-OH is 1. The van der Waals surface area contributed by atoms with Crippen molar-refractivity contribution in [3.8, 4) is 5.75 Å². The van der Waals surface area contributed by atoms with E-state index in [1.54, 1.807) is 56.9 Å². The Hall–Kier alpha value is -3.96. The number of carbonyl (C=O) groups is 3. The third-order valence-electron chi connectivity index (χ3n) is 7.53. The third kappa shape index (κ3) is 5.15. The van der Waals surface area contributed by atoms with Crippen LogP contribution in [-0.4, -0.2) is 68.7 Å². The van der Waals surface area contributed by atoms with Crippen LogP contribution in [0.2, 0.25) is 0 Å². The number of alkyl carbamates (subject to hydrolysis) is 1. The van der Waals surface area contributed by atoms with E-state index >= 15 is 0 Å². The molecule has 0 bridgehead atoms. The van der Waals surface area contributed by atoms with Crippen molar-refractivity contribution in [2.45, 2.75) is 77.9 Å². The summed E-state index contributed by atoms with van der Waals surface area (Å²) < 4.78 is 15.9. The number of nitrogens with zero attached hydrogens (tertiary/aromatic N) is 2. The Bertz CT molecular complexity index is 1510. The van der Waals surface area contributed by atoms with Crippen LogP contribution in [0.4, 0.5) is 4.79 Å². The summed E-state index contributed by atoms with van der Waals surface area (Å²) in [5, 5.41) is 25.8. The van der Waals surface area contributed by atoms with Gasteiger partial charge in [0.15, 0.2) is 11.8 Å². The average molecular weight is 566 g/mol. The molecule has 218 valence electrons. The van der Waals surface area contributed by atoms with E-state index in [2.05, 4.69) is 5.32 Å². The first-order chi connectivity index (χ1) is 19.4. The zero-order valence-corrected chi connectivity index (χ0v) is 23.9. The van der Waals surface area contributed by atoms with Crippen LogP contribution in [0.25, 0.3) is 16.6 Å². The summed E-state index contributed by atoms with van der Waals surface area (Å²) in [6.07, 6.45) is 0.799. The molecular formula is C30H35N3O8. The van der Waals surface area contributed by atoms with Gasteiger partial charge in [-0.15, -0.1) is 0 Å². The summed E-state index contributed by atoms with van der Waals surface area (Å²) in [7, 11) is 0. The number of cyclic esters (lactones) is 1. The van der Waals surface area contributed by atoms with Crippen LogP contribution in [0.15, 0.2) is 35.4 Å². The van der Waals surface area contributed by atoms with Crippen LogP contribution in [-0.2, 0) is 32.0 Å². The summed E-state index contributed by atoms with van der Waals surface area (Å²) in [6.45, 7) is 9.35. The quantitative estimate of drug-likeness (QED) is 0.353. The number of nitrogens with one attached hydrogen (secondary N) is 1. The minimum atomic E-state index is -1.83. The predicted octanol–water partition coefficient (Wildman–Crippen LogP) is 3.10. The molecule has 0 aliphatic carbocycles. The number of aliphatic hydroxyl groups is 2. The Labute approximate surface area is 237 Å². The van der Waals surface area contributed by atoms with E-state index in [0.29, 0.717) is 46.8 Å². The Morgan fingerprint density at radius 3 is 2.71 bits per heavy atom. The van der Waals surface area contributed by atoms with E-state index in [-0.39, 0.29) is 26.0 Å². The van der Waals surface area contributed by atoms with Gasteiger partial charge >= 0.3 is 18.0 Å². The molecule has 11 heteroatoms. The number of benzene rings is 1. The lowest BCUT2D eigenvalue weighted by Crippen LogP contribution is -2.50. The largest absolute Gasteiger partial charge is 0.459 e. The van der Waals surface area contributed by atoms with Gasteiger partial charge in [0.1, 0.15) is 18.0 Å². The maximum absolute atomic E-state index is 12.5. The molecule has 1 aromatic carbocycles. The number of hydrogen-bond donors (Lipinski definition) is 3. The van der Waals surface area contributed by atoms with Crippen molar-refractivity contribution in [2.24, 2.45) is 0 Å². The van der Waals surface area contributed by atoms with Gasteiger partial charge in [0.25, 0.3) is 0 Å². The minimum Gasteiger partial charge on any atom is -0.459 e. The van der Waals surface area contributed by atoms with E-state index < -0.39 is 35.5 Å². The first-order valence-corrected chi connectivity index (χ1v) is 13.8. The van der Waals surface area contributed by atoms with Gasteiger partial charge in [-0.2, -0.15) is 0 Å². The number of hydrogen-bond acceptors (Lipinski definition) is 10. The number of fused-ring (bicyclic) bond motifs is 4. The summed E-state index contributed by atoms with van der Waals surface area (Å²) in [4.78, 5) is 43.4. The number of aromatic nitrogens is 1. The van der Waals surface area contributed by atoms with Crippen molar-refractivity contribution in [1.29, 1.82) is 0 Å². The maximum Gasteiger partial charge on any atom is 0.407 e. The second kappa shape index (κ2) is 10.5. The highest BCUT2D eigenvalue weighted by molar-refractivity contribution is 5.92. The Morgan fingerprint density at radius 2 is 2.02 bits per heavy atom. The molecule has 0 radical (unpaired) electrons. The van der Waals surface area contributed by atoms with Gasteiger partial charge in [-0.25, -0.2) is 14.6 Å². The van der Waals surface area contributed by atoms with Crippen molar-refractivity contribution < 1.29 is 38.8 Å². The van der Waals surface area contributed by atoms with Gasteiger partial charge in [0.2, 0.25) is 0 Å². The smallest absolute Gasteiger partial charge is 0.407 e. The van der Waals surface area contributed by atoms with Crippen LogP contribution < -0.4 is 10.1 Å². The van der Waals surface area contributed by atoms with Crippen LogP contribution >= 0.6 is 0 Å². The highest BCUT2D eigenvalue weighted by Crippen LogP contribution is 2.46. The van der Waals surface area contributed by atoms with Crippen LogP contribution in [0.1, 0.15) is 64.3 Å². The van der Waals surface area contributed by atoms with Gasteiger partial charge in [-0.3, -0.25) is 4.79 Å². The first-order valence-electron chi connectivity index (χ1n) is 13.8. The minimum absolute atomic E-state index is 0.0324. The zero-order valence-electron chi connectivity index (χ0n) is 23.9. The van der Waals surface area contributed by atoms with Crippen molar-refractivity contribution in [1.82, 2.24) is 15.2 Å². The summed E-state index contributed by atoms with van der Waals surface area (Å²) in [5.41, 5.74) is 2.27. The normalized spacial score (nSPS) is 21.5. The molecule has 1 aromatic heterocycles. The van der Waals surface area contributed by atoms with Crippen LogP contribution in [0.5, 0.6) is 5.75 Å². The summed E-state index contributed by atoms with van der Waals surface area (Å²) in [6, 6.07) is 5.20. The molecule has 1 unspecified atom stereocenters. The molecule has 0 spiro atoms. The lowest BCUT2D eigenvalue weighted by Gasteiger charge is -2.40. The molecule has 2 atom stereocenters. The molecule has 1 amide bonds. The second-order valence-electron chi connectivity index (χ2n) is 11.4. The highest BCUT2D eigenvalue weighted by Gasteiger charge is 2.49. The standard InChI is InChI=1S/C30H35N3O8/c1-6-17-18-12-16(40-24(34)10-11-31-28(37)41-29(3,4)5)8-9-22(18)32-25-19(17)14-33-23(25)13-21-20(26(33)35)15-39-27(36)30(21,38)7-2/h8-9,12-13,26,35,38H,6-7,10-11,14-15H2,1-5H3,(H,31,37)/t26?,30-/m0/s1. The number of rotatable bonds is 6. The molecule has 0 saturated carbocycles. The maximum atomic E-state index is 12.5. The number of pyridine rings is 1. The Balaban J connectivity index is 1.40. The lowest BCUT2D eigenvalue weighted by atomic mass is 9.82. The van der Waals surface area contributed by atoms with E-state index in [9.17, 15) is 24.6 Å². The van der Waals surface area contributed by atoms with Gasteiger partial charge < -0.3 is 34.6 Å². The lowest BCUT2D eigenvalue weighted by molar-refractivity contribution is -0.164. The second-order valence-corrected chi connectivity index (χ2v) is 11.4. The van der Waals surface area contributed by atoms with Gasteiger partial charge in [-0.1, -0.05) is 13.8 Å². The van der Waals surface area contributed by atoms with Gasteiger partial charge in [-0.05, 0) is 63.5 Å². The van der Waals surface area contributed by atoms with Crippen molar-refractivity contribution in [2.75, 3.05) is 13.2 Å². The van der Waals surface area contributed by atoms with E-state index in [1.807, 2.05) is 6.92 Å². The average Bonchev–Trinajstić information content (AvgIpc) is 3.27. The zero-order chi connectivity index (χ0) is 29.7. The number of ether oxygens (including phenoxy) is 3. The molecule has 11 nitrogen and oxygen atoms in total. The SMILES string of the molecule is CCc1c2c(nc3ccc(OC(=O)CCNC(=O)OC(C)(C)C)cc13)C1=CC3=C(COC(=O)[C@]3(O)CC)C(O)N1C2. The van der Waals surface area contributed by atoms with Crippen LogP contribution in [0.3, 0.4) is 0 Å². The molecule has 5 rings (SSSR count). The van der Waals surface area contributed by atoms with Gasteiger partial charge in [0.05, 0.1) is 23.3 Å². The number of amides is 1. The fraction of sp³-hybridized carbons (Fsp3) is 0.467. The first kappa shape index (κ1) is 28.6. The Morgan fingerprint density at radius 1 is 1.27 bits per heavy atom. The van der Waals surface area contributed by atoms with Crippen molar-refractivity contribution in [3.63, 3.8) is 0 Å². The molecular weight excluding hydrogens is 530 g/mol. The fourth-order valence-corrected chi connectivity index (χ4v) is 5.52. The predicted molar refractivity (Wildman–Crippen MR) is 148 cm³/mol. The Kier molecular flexibility index (Phi) is 7.29. The monoisotopic (exact) mass is 565 g/mol. The summed E-state index contributed by atoms with van der Waals surface area (Å²) >= 11 is 0. The molecule has 2 aromatic rings. The molecule has 4 heterocycles. The number of esters is 2. The fourth-order valence-electron chi connectivity index (χ4n) is 5.52. The molecule has 3 N–H and O–H groups in total. The molecule has 3 aliphatic heterocycles. The molecule has 3 aliphatic rings. The van der Waals surface area contributed by atoms with Crippen molar-refractivity contribution in [3.05, 3.63) is 52.2 Å². The molecule has 0 fully saturated rings. The van der Waals surface area contributed by atoms with E-state index in [4.69, 9.17) is 19.2 Å². The van der Waals surface area contributed by atoms with Gasteiger partial charge in [0, 0.05) is 35.2 Å². The van der Waals surface area contributed by atoms with E-state index in [1.165, 1.54) is 0 Å². The number of aryl methyl sites for hydroxylation is 1. The van der Waals surface area contributed by atoms with Crippen LogP contribution in [0, 0.1) is 0 Å². The summed E-state index contributed by atoms with van der Waals surface area (Å²) in [5.74, 6) is -0.875. The topological polar surface area (TPSA) is 148 Å². The third-order valence-corrected chi connectivity index (χ3v) is 7.53. The number of carbonyl (C=O) groups excluding carboxylic acids is 3. The van der Waals surface area contributed by atoms with Crippen molar-refractivity contribution >= 4 is 34.6 Å².